The van der Waals surface area contributed by atoms with Crippen molar-refractivity contribution in [2.75, 3.05) is 6.61 Å². The molecule has 5 nitrogen and oxygen atoms in total. The van der Waals surface area contributed by atoms with Gasteiger partial charge in [0, 0.05) is 13.1 Å². The van der Waals surface area contributed by atoms with Crippen molar-refractivity contribution in [3.05, 3.63) is 90.0 Å². The van der Waals surface area contributed by atoms with Crippen LogP contribution in [0, 0.1) is 0 Å². The molecule has 1 aliphatic heterocycles. The van der Waals surface area contributed by atoms with Crippen LogP contribution >= 0.6 is 0 Å². The lowest BCUT2D eigenvalue weighted by Gasteiger charge is -2.24. The zero-order valence-electron chi connectivity index (χ0n) is 16.2. The van der Waals surface area contributed by atoms with Crippen molar-refractivity contribution < 1.29 is 14.3 Å². The largest absolute Gasteiger partial charge is 0.465 e. The summed E-state index contributed by atoms with van der Waals surface area (Å²) in [5.41, 5.74) is 4.68. The van der Waals surface area contributed by atoms with Gasteiger partial charge in [-0.05, 0) is 41.3 Å². The summed E-state index contributed by atoms with van der Waals surface area (Å²) in [6.07, 6.45) is -0.703. The Morgan fingerprint density at radius 2 is 1.41 bits per heavy atom. The van der Waals surface area contributed by atoms with E-state index in [1.807, 2.05) is 42.2 Å². The second-order valence-corrected chi connectivity index (χ2v) is 6.68. The molecule has 0 saturated heterocycles. The van der Waals surface area contributed by atoms with Crippen LogP contribution in [-0.2, 0) is 17.8 Å². The third-order valence-electron chi connectivity index (χ3n) is 4.73. The highest BCUT2D eigenvalue weighted by atomic mass is 16.6. The lowest BCUT2D eigenvalue weighted by atomic mass is 9.97. The average Bonchev–Trinajstić information content (AvgIpc) is 2.91. The minimum Gasteiger partial charge on any atom is -0.465 e. The predicted molar refractivity (Wildman–Crippen MR) is 113 cm³/mol. The number of carbonyl (C=O) groups is 1. The van der Waals surface area contributed by atoms with Crippen LogP contribution in [-0.4, -0.2) is 23.6 Å². The molecule has 0 aromatic heterocycles. The fourth-order valence-electron chi connectivity index (χ4n) is 3.46. The Morgan fingerprint density at radius 3 is 2.00 bits per heavy atom. The Hall–Kier alpha value is -3.60. The minimum atomic E-state index is -0.703. The maximum absolute atomic E-state index is 12.4. The Bertz CT molecular complexity index is 984. The molecule has 4 rings (SSSR count). The number of aliphatic imine (C=N–C) groups is 1. The van der Waals surface area contributed by atoms with Gasteiger partial charge in [-0.2, -0.15) is 0 Å². The highest BCUT2D eigenvalue weighted by Gasteiger charge is 2.23. The number of benzene rings is 3. The molecule has 5 heteroatoms. The van der Waals surface area contributed by atoms with Crippen LogP contribution < -0.4 is 4.74 Å². The van der Waals surface area contributed by atoms with Gasteiger partial charge in [0.25, 0.3) is 6.02 Å². The molecular weight excluding hydrogens is 364 g/mol. The molecule has 0 unspecified atom stereocenters. The number of rotatable bonds is 2. The van der Waals surface area contributed by atoms with Crippen LogP contribution in [0.4, 0.5) is 4.79 Å². The van der Waals surface area contributed by atoms with Gasteiger partial charge in [-0.15, -0.1) is 4.99 Å². The number of ether oxygens (including phenoxy) is 2. The van der Waals surface area contributed by atoms with E-state index in [-0.39, 0.29) is 6.02 Å². The summed E-state index contributed by atoms with van der Waals surface area (Å²) in [5.74, 6) is 0.448. The molecule has 0 aliphatic carbocycles. The first-order chi connectivity index (χ1) is 14.2. The Balaban J connectivity index is 1.66. The molecule has 1 aliphatic rings. The average molecular weight is 386 g/mol. The highest BCUT2D eigenvalue weighted by molar-refractivity contribution is 5.88. The second-order valence-electron chi connectivity index (χ2n) is 6.68. The SMILES string of the molecule is CCO/C(=N\C(=O)Oc1ccccc1)N1Cc2ccccc2-c2ccccc2C1. The lowest BCUT2D eigenvalue weighted by Crippen LogP contribution is -2.32. The molecule has 1 amide bonds. The molecule has 0 radical (unpaired) electrons. The molecule has 3 aromatic carbocycles. The Labute approximate surface area is 170 Å². The van der Waals surface area contributed by atoms with Crippen molar-refractivity contribution in [3.63, 3.8) is 0 Å². The summed E-state index contributed by atoms with van der Waals surface area (Å²) in [5, 5.41) is 0. The van der Waals surface area contributed by atoms with Gasteiger partial charge in [0.05, 0.1) is 6.61 Å². The Kier molecular flexibility index (Phi) is 5.56. The maximum atomic E-state index is 12.4. The molecule has 29 heavy (non-hydrogen) atoms. The number of amidine groups is 1. The maximum Gasteiger partial charge on any atom is 0.443 e. The summed E-state index contributed by atoms with van der Waals surface area (Å²) in [4.78, 5) is 18.5. The fraction of sp³-hybridized carbons (Fsp3) is 0.167. The van der Waals surface area contributed by atoms with Crippen molar-refractivity contribution >= 4 is 12.1 Å². The number of amides is 1. The molecule has 0 N–H and O–H groups in total. The van der Waals surface area contributed by atoms with Crippen LogP contribution in [0.25, 0.3) is 11.1 Å². The molecule has 1 heterocycles. The topological polar surface area (TPSA) is 51.1 Å². The summed E-state index contributed by atoms with van der Waals surface area (Å²) in [6.45, 7) is 3.44. The summed E-state index contributed by atoms with van der Waals surface area (Å²) < 4.78 is 11.1. The van der Waals surface area contributed by atoms with Crippen LogP contribution in [0.2, 0.25) is 0 Å². The molecule has 0 spiro atoms. The molecule has 146 valence electrons. The van der Waals surface area contributed by atoms with Gasteiger partial charge in [0.2, 0.25) is 0 Å². The molecule has 3 aromatic rings. The summed E-state index contributed by atoms with van der Waals surface area (Å²) >= 11 is 0. The van der Waals surface area contributed by atoms with E-state index in [1.165, 1.54) is 11.1 Å². The molecular formula is C24H22N2O3. The van der Waals surface area contributed by atoms with Crippen molar-refractivity contribution in [1.82, 2.24) is 4.90 Å². The minimum absolute atomic E-state index is 0.264. The smallest absolute Gasteiger partial charge is 0.443 e. The Morgan fingerprint density at radius 1 is 0.862 bits per heavy atom. The van der Waals surface area contributed by atoms with Gasteiger partial charge >= 0.3 is 6.09 Å². The first-order valence-electron chi connectivity index (χ1n) is 9.64. The normalized spacial score (nSPS) is 13.1. The number of nitrogens with zero attached hydrogens (tertiary/aromatic N) is 2. The van der Waals surface area contributed by atoms with Crippen molar-refractivity contribution in [3.8, 4) is 16.9 Å². The number of carbonyl (C=O) groups excluding carboxylic acids is 1. The van der Waals surface area contributed by atoms with Gasteiger partial charge in [0.15, 0.2) is 0 Å². The van der Waals surface area contributed by atoms with Crippen LogP contribution in [0.5, 0.6) is 5.75 Å². The van der Waals surface area contributed by atoms with E-state index < -0.39 is 6.09 Å². The monoisotopic (exact) mass is 386 g/mol. The van der Waals surface area contributed by atoms with E-state index in [4.69, 9.17) is 9.47 Å². The third kappa shape index (κ3) is 4.29. The third-order valence-corrected chi connectivity index (χ3v) is 4.73. The first-order valence-corrected chi connectivity index (χ1v) is 9.64. The van der Waals surface area contributed by atoms with Gasteiger partial charge < -0.3 is 14.4 Å². The summed E-state index contributed by atoms with van der Waals surface area (Å²) in [7, 11) is 0. The van der Waals surface area contributed by atoms with Gasteiger partial charge in [0.1, 0.15) is 5.75 Å². The molecule has 0 saturated carbocycles. The summed E-state index contributed by atoms with van der Waals surface area (Å²) in [6, 6.07) is 25.7. The van der Waals surface area contributed by atoms with Crippen LogP contribution in [0.15, 0.2) is 83.9 Å². The molecule has 0 atom stereocenters. The van der Waals surface area contributed by atoms with Gasteiger partial charge in [-0.1, -0.05) is 66.7 Å². The van der Waals surface area contributed by atoms with Crippen LogP contribution in [0.3, 0.4) is 0 Å². The van der Waals surface area contributed by atoms with Gasteiger partial charge in [-0.3, -0.25) is 0 Å². The van der Waals surface area contributed by atoms with Crippen molar-refractivity contribution in [1.29, 1.82) is 0 Å². The zero-order valence-corrected chi connectivity index (χ0v) is 16.2. The number of para-hydroxylation sites is 1. The lowest BCUT2D eigenvalue weighted by molar-refractivity contribution is 0.202. The molecule has 0 bridgehead atoms. The standard InChI is InChI=1S/C24H22N2O3/c1-2-28-23(25-24(27)29-20-12-4-3-5-13-20)26-16-18-10-6-8-14-21(18)22-15-9-7-11-19(22)17-26/h3-15H,2,16-17H2,1H3/b25-23-. The van der Waals surface area contributed by atoms with Crippen molar-refractivity contribution in [2.45, 2.75) is 20.0 Å². The number of fused-ring (bicyclic) bond motifs is 3. The number of hydrogen-bond donors (Lipinski definition) is 0. The highest BCUT2D eigenvalue weighted by Crippen LogP contribution is 2.32. The van der Waals surface area contributed by atoms with E-state index in [0.717, 1.165) is 11.1 Å². The van der Waals surface area contributed by atoms with E-state index in [9.17, 15) is 4.79 Å². The second kappa shape index (κ2) is 8.61. The van der Waals surface area contributed by atoms with E-state index in [2.05, 4.69) is 29.3 Å². The van der Waals surface area contributed by atoms with Gasteiger partial charge in [-0.25, -0.2) is 4.79 Å². The van der Waals surface area contributed by atoms with E-state index >= 15 is 0 Å². The zero-order chi connectivity index (χ0) is 20.1. The quantitative estimate of drug-likeness (QED) is 0.445. The van der Waals surface area contributed by atoms with Crippen LogP contribution in [0.1, 0.15) is 18.1 Å². The van der Waals surface area contributed by atoms with Crippen molar-refractivity contribution in [2.24, 2.45) is 4.99 Å². The predicted octanol–water partition coefficient (Wildman–Crippen LogP) is 5.26. The first kappa shape index (κ1) is 18.7. The number of hydrogen-bond acceptors (Lipinski definition) is 3. The fourth-order valence-corrected chi connectivity index (χ4v) is 3.46. The van der Waals surface area contributed by atoms with E-state index in [1.54, 1.807) is 24.3 Å². The molecule has 0 fully saturated rings. The van der Waals surface area contributed by atoms with E-state index in [0.29, 0.717) is 25.4 Å².